The molecule has 0 radical (unpaired) electrons. The van der Waals surface area contributed by atoms with Crippen molar-refractivity contribution in [1.82, 2.24) is 0 Å². The molecule has 0 saturated heterocycles. The predicted octanol–water partition coefficient (Wildman–Crippen LogP) is 2.55. The third kappa shape index (κ3) is 4.85. The van der Waals surface area contributed by atoms with E-state index in [0.717, 1.165) is 5.56 Å². The first-order valence-electron chi connectivity index (χ1n) is 6.14. The zero-order valence-electron chi connectivity index (χ0n) is 11.1. The van der Waals surface area contributed by atoms with Crippen LogP contribution >= 0.6 is 0 Å². The van der Waals surface area contributed by atoms with E-state index in [1.54, 1.807) is 12.1 Å². The van der Waals surface area contributed by atoms with Crippen molar-refractivity contribution < 1.29 is 19.0 Å². The average molecular weight is 252 g/mol. The molecular formula is C14H20O4. The van der Waals surface area contributed by atoms with Crippen molar-refractivity contribution in [2.45, 2.75) is 27.1 Å². The van der Waals surface area contributed by atoms with E-state index in [0.29, 0.717) is 18.8 Å². The van der Waals surface area contributed by atoms with E-state index in [9.17, 15) is 4.79 Å². The van der Waals surface area contributed by atoms with Crippen LogP contribution in [0.2, 0.25) is 0 Å². The lowest BCUT2D eigenvalue weighted by atomic mass is 10.1. The van der Waals surface area contributed by atoms with E-state index < -0.39 is 6.29 Å². The minimum absolute atomic E-state index is 0.106. The molecule has 0 spiro atoms. The zero-order chi connectivity index (χ0) is 13.4. The number of hydrogen-bond donors (Lipinski definition) is 0. The Kier molecular flexibility index (Phi) is 6.39. The summed E-state index contributed by atoms with van der Waals surface area (Å²) in [6, 6.07) is 7.24. The van der Waals surface area contributed by atoms with Crippen molar-refractivity contribution in [3.8, 4) is 0 Å². The third-order valence-corrected chi connectivity index (χ3v) is 2.34. The summed E-state index contributed by atoms with van der Waals surface area (Å²) in [5.74, 6) is -0.362. The molecule has 0 aliphatic carbocycles. The van der Waals surface area contributed by atoms with E-state index in [2.05, 4.69) is 0 Å². The van der Waals surface area contributed by atoms with Crippen LogP contribution in [0.25, 0.3) is 0 Å². The second-order valence-electron chi connectivity index (χ2n) is 3.80. The van der Waals surface area contributed by atoms with Gasteiger partial charge in [-0.1, -0.05) is 17.7 Å². The van der Waals surface area contributed by atoms with Crippen molar-refractivity contribution in [3.05, 3.63) is 35.4 Å². The Morgan fingerprint density at radius 1 is 1.11 bits per heavy atom. The molecule has 0 bridgehead atoms. The number of carbonyl (C=O) groups is 1. The lowest BCUT2D eigenvalue weighted by Crippen LogP contribution is -2.25. The summed E-state index contributed by atoms with van der Waals surface area (Å²) in [5, 5.41) is 0. The van der Waals surface area contributed by atoms with Crippen LogP contribution in [0, 0.1) is 6.92 Å². The number of rotatable bonds is 7. The highest BCUT2D eigenvalue weighted by Crippen LogP contribution is 2.06. The maximum absolute atomic E-state index is 11.7. The molecule has 0 fully saturated rings. The standard InChI is InChI=1S/C14H20O4/c1-4-16-13(17-5-2)10-18-14(15)12-8-6-11(3)7-9-12/h6-9,13H,4-5,10H2,1-3H3. The third-order valence-electron chi connectivity index (χ3n) is 2.34. The zero-order valence-corrected chi connectivity index (χ0v) is 11.1. The van der Waals surface area contributed by atoms with Gasteiger partial charge in [-0.25, -0.2) is 4.79 Å². The van der Waals surface area contributed by atoms with Gasteiger partial charge < -0.3 is 14.2 Å². The van der Waals surface area contributed by atoms with Crippen molar-refractivity contribution >= 4 is 5.97 Å². The van der Waals surface area contributed by atoms with E-state index in [1.165, 1.54) is 0 Å². The van der Waals surface area contributed by atoms with Crippen LogP contribution in [-0.2, 0) is 14.2 Å². The first-order chi connectivity index (χ1) is 8.67. The molecule has 0 atom stereocenters. The van der Waals surface area contributed by atoms with E-state index >= 15 is 0 Å². The fraction of sp³-hybridized carbons (Fsp3) is 0.500. The Balaban J connectivity index is 2.46. The summed E-state index contributed by atoms with van der Waals surface area (Å²) in [6.07, 6.45) is -0.491. The first kappa shape index (κ1) is 14.7. The van der Waals surface area contributed by atoms with Gasteiger partial charge in [-0.05, 0) is 32.9 Å². The molecule has 0 saturated carbocycles. The van der Waals surface area contributed by atoms with Crippen LogP contribution in [0.15, 0.2) is 24.3 Å². The van der Waals surface area contributed by atoms with Gasteiger partial charge in [0.15, 0.2) is 6.29 Å². The van der Waals surface area contributed by atoms with Crippen molar-refractivity contribution in [2.75, 3.05) is 19.8 Å². The fourth-order valence-electron chi connectivity index (χ4n) is 1.43. The molecule has 0 heterocycles. The van der Waals surface area contributed by atoms with Gasteiger partial charge in [0.25, 0.3) is 0 Å². The smallest absolute Gasteiger partial charge is 0.338 e. The summed E-state index contributed by atoms with van der Waals surface area (Å²) in [6.45, 7) is 6.85. The highest BCUT2D eigenvalue weighted by atomic mass is 16.7. The van der Waals surface area contributed by atoms with Crippen LogP contribution in [0.5, 0.6) is 0 Å². The van der Waals surface area contributed by atoms with Crippen LogP contribution in [0.3, 0.4) is 0 Å². The number of aryl methyl sites for hydroxylation is 1. The minimum Gasteiger partial charge on any atom is -0.457 e. The second-order valence-corrected chi connectivity index (χ2v) is 3.80. The topological polar surface area (TPSA) is 44.8 Å². The summed E-state index contributed by atoms with van der Waals surface area (Å²) >= 11 is 0. The monoisotopic (exact) mass is 252 g/mol. The molecule has 1 aromatic carbocycles. The largest absolute Gasteiger partial charge is 0.457 e. The molecule has 4 heteroatoms. The highest BCUT2D eigenvalue weighted by molar-refractivity contribution is 5.89. The van der Waals surface area contributed by atoms with Gasteiger partial charge in [-0.2, -0.15) is 0 Å². The quantitative estimate of drug-likeness (QED) is 0.552. The Morgan fingerprint density at radius 3 is 2.17 bits per heavy atom. The molecule has 1 rings (SSSR count). The van der Waals surface area contributed by atoms with Crippen molar-refractivity contribution in [3.63, 3.8) is 0 Å². The van der Waals surface area contributed by atoms with Crippen LogP contribution in [0.1, 0.15) is 29.8 Å². The lowest BCUT2D eigenvalue weighted by molar-refractivity contribution is -0.158. The van der Waals surface area contributed by atoms with Crippen LogP contribution < -0.4 is 0 Å². The van der Waals surface area contributed by atoms with Gasteiger partial charge >= 0.3 is 5.97 Å². The Hall–Kier alpha value is -1.39. The molecule has 0 unspecified atom stereocenters. The molecule has 0 aliphatic rings. The SMILES string of the molecule is CCOC(COC(=O)c1ccc(C)cc1)OCC. The molecule has 4 nitrogen and oxygen atoms in total. The van der Waals surface area contributed by atoms with Gasteiger partial charge in [-0.3, -0.25) is 0 Å². The van der Waals surface area contributed by atoms with Gasteiger partial charge in [0, 0.05) is 13.2 Å². The minimum atomic E-state index is -0.491. The average Bonchev–Trinajstić information content (AvgIpc) is 2.37. The molecular weight excluding hydrogens is 232 g/mol. The number of esters is 1. The number of ether oxygens (including phenoxy) is 3. The predicted molar refractivity (Wildman–Crippen MR) is 68.5 cm³/mol. The summed E-state index contributed by atoms with van der Waals surface area (Å²) in [7, 11) is 0. The molecule has 18 heavy (non-hydrogen) atoms. The molecule has 0 aromatic heterocycles. The van der Waals surface area contributed by atoms with Crippen LogP contribution in [-0.4, -0.2) is 32.1 Å². The lowest BCUT2D eigenvalue weighted by Gasteiger charge is -2.16. The van der Waals surface area contributed by atoms with Gasteiger partial charge in [0.1, 0.15) is 6.61 Å². The van der Waals surface area contributed by atoms with E-state index in [4.69, 9.17) is 14.2 Å². The summed E-state index contributed by atoms with van der Waals surface area (Å²) < 4.78 is 15.7. The first-order valence-corrected chi connectivity index (χ1v) is 6.14. The summed E-state index contributed by atoms with van der Waals surface area (Å²) in [4.78, 5) is 11.7. The Bertz CT molecular complexity index is 353. The number of hydrogen-bond acceptors (Lipinski definition) is 4. The van der Waals surface area contributed by atoms with Crippen molar-refractivity contribution in [1.29, 1.82) is 0 Å². The highest BCUT2D eigenvalue weighted by Gasteiger charge is 2.13. The molecule has 1 aromatic rings. The van der Waals surface area contributed by atoms with E-state index in [-0.39, 0.29) is 12.6 Å². The number of benzene rings is 1. The van der Waals surface area contributed by atoms with Crippen molar-refractivity contribution in [2.24, 2.45) is 0 Å². The summed E-state index contributed by atoms with van der Waals surface area (Å²) in [5.41, 5.74) is 1.64. The van der Waals surface area contributed by atoms with E-state index in [1.807, 2.05) is 32.9 Å². The molecule has 0 N–H and O–H groups in total. The molecule has 100 valence electrons. The fourth-order valence-corrected chi connectivity index (χ4v) is 1.43. The Morgan fingerprint density at radius 2 is 1.67 bits per heavy atom. The van der Waals surface area contributed by atoms with Crippen LogP contribution in [0.4, 0.5) is 0 Å². The second kappa shape index (κ2) is 7.84. The normalized spacial score (nSPS) is 10.7. The van der Waals surface area contributed by atoms with Gasteiger partial charge in [-0.15, -0.1) is 0 Å². The molecule has 0 amide bonds. The number of carbonyl (C=O) groups excluding carboxylic acids is 1. The molecule has 0 aliphatic heterocycles. The van der Waals surface area contributed by atoms with Gasteiger partial charge in [0.05, 0.1) is 5.56 Å². The maximum Gasteiger partial charge on any atom is 0.338 e. The van der Waals surface area contributed by atoms with Gasteiger partial charge in [0.2, 0.25) is 0 Å². The maximum atomic E-state index is 11.7. The Labute approximate surface area is 108 Å².